The monoisotopic (exact) mass is 172 g/mol. The van der Waals surface area contributed by atoms with Crippen LogP contribution in [0.25, 0.3) is 0 Å². The van der Waals surface area contributed by atoms with Crippen molar-refractivity contribution >= 4 is 0 Å². The minimum absolute atomic E-state index is 0.562. The SMILES string of the molecule is CCN1CCOCC(N(C)C)C1. The van der Waals surface area contributed by atoms with E-state index in [0.29, 0.717) is 6.04 Å². The van der Waals surface area contributed by atoms with Crippen molar-refractivity contribution in [3.05, 3.63) is 0 Å². The molecule has 0 spiro atoms. The first-order chi connectivity index (χ1) is 5.74. The Kier molecular flexibility index (Phi) is 3.98. The van der Waals surface area contributed by atoms with E-state index in [1.54, 1.807) is 0 Å². The third-order valence-corrected chi connectivity index (χ3v) is 2.51. The Balaban J connectivity index is 2.42. The van der Waals surface area contributed by atoms with E-state index in [2.05, 4.69) is 30.8 Å². The maximum Gasteiger partial charge on any atom is 0.0634 e. The van der Waals surface area contributed by atoms with E-state index in [1.807, 2.05) is 0 Å². The summed E-state index contributed by atoms with van der Waals surface area (Å²) in [7, 11) is 4.24. The van der Waals surface area contributed by atoms with Crippen molar-refractivity contribution in [2.75, 3.05) is 46.9 Å². The maximum absolute atomic E-state index is 5.52. The zero-order chi connectivity index (χ0) is 8.97. The van der Waals surface area contributed by atoms with Crippen molar-refractivity contribution in [3.8, 4) is 0 Å². The van der Waals surface area contributed by atoms with E-state index >= 15 is 0 Å². The lowest BCUT2D eigenvalue weighted by Gasteiger charge is -2.26. The topological polar surface area (TPSA) is 15.7 Å². The molecule has 0 saturated carbocycles. The standard InChI is InChI=1S/C9H20N2O/c1-4-11-5-6-12-8-9(7-11)10(2)3/h9H,4-8H2,1-3H3. The number of nitrogens with zero attached hydrogens (tertiary/aromatic N) is 2. The smallest absolute Gasteiger partial charge is 0.0634 e. The third-order valence-electron chi connectivity index (χ3n) is 2.51. The summed E-state index contributed by atoms with van der Waals surface area (Å²) in [5.41, 5.74) is 0. The summed E-state index contributed by atoms with van der Waals surface area (Å²) >= 11 is 0. The molecule has 1 unspecified atom stereocenters. The van der Waals surface area contributed by atoms with Crippen LogP contribution in [-0.4, -0.2) is 62.8 Å². The molecule has 0 aromatic heterocycles. The predicted octanol–water partition coefficient (Wildman–Crippen LogP) is 0.269. The van der Waals surface area contributed by atoms with Crippen LogP contribution in [0, 0.1) is 0 Å². The van der Waals surface area contributed by atoms with Gasteiger partial charge in [-0.05, 0) is 20.6 Å². The number of ether oxygens (including phenoxy) is 1. The van der Waals surface area contributed by atoms with Gasteiger partial charge in [0.25, 0.3) is 0 Å². The van der Waals surface area contributed by atoms with Gasteiger partial charge in [-0.15, -0.1) is 0 Å². The van der Waals surface area contributed by atoms with E-state index in [0.717, 1.165) is 32.8 Å². The van der Waals surface area contributed by atoms with Crippen molar-refractivity contribution < 1.29 is 4.74 Å². The first-order valence-electron chi connectivity index (χ1n) is 4.70. The van der Waals surface area contributed by atoms with Crippen molar-refractivity contribution in [2.45, 2.75) is 13.0 Å². The zero-order valence-corrected chi connectivity index (χ0v) is 8.42. The van der Waals surface area contributed by atoms with E-state index < -0.39 is 0 Å². The molecule has 1 atom stereocenters. The van der Waals surface area contributed by atoms with Gasteiger partial charge in [0.1, 0.15) is 0 Å². The summed E-state index contributed by atoms with van der Waals surface area (Å²) < 4.78 is 5.52. The normalized spacial score (nSPS) is 27.5. The molecule has 0 aliphatic carbocycles. The minimum atomic E-state index is 0.562. The Hall–Kier alpha value is -0.120. The van der Waals surface area contributed by atoms with Crippen LogP contribution in [0.2, 0.25) is 0 Å². The van der Waals surface area contributed by atoms with Gasteiger partial charge < -0.3 is 9.64 Å². The molecule has 0 amide bonds. The van der Waals surface area contributed by atoms with Crippen molar-refractivity contribution in [2.24, 2.45) is 0 Å². The van der Waals surface area contributed by atoms with Crippen LogP contribution in [0.4, 0.5) is 0 Å². The Labute approximate surface area is 75.3 Å². The second kappa shape index (κ2) is 4.80. The first kappa shape index (κ1) is 9.96. The molecule has 0 bridgehead atoms. The molecular weight excluding hydrogens is 152 g/mol. The van der Waals surface area contributed by atoms with Gasteiger partial charge in [-0.3, -0.25) is 4.90 Å². The zero-order valence-electron chi connectivity index (χ0n) is 8.42. The van der Waals surface area contributed by atoms with E-state index in [1.165, 1.54) is 0 Å². The van der Waals surface area contributed by atoms with Gasteiger partial charge in [-0.2, -0.15) is 0 Å². The molecule has 0 aromatic rings. The molecule has 0 aromatic carbocycles. The van der Waals surface area contributed by atoms with Gasteiger partial charge in [0.05, 0.1) is 13.2 Å². The highest BCUT2D eigenvalue weighted by atomic mass is 16.5. The molecule has 3 heteroatoms. The minimum Gasteiger partial charge on any atom is -0.378 e. The van der Waals surface area contributed by atoms with Gasteiger partial charge in [-0.25, -0.2) is 0 Å². The molecule has 12 heavy (non-hydrogen) atoms. The number of hydrogen-bond acceptors (Lipinski definition) is 3. The summed E-state index contributed by atoms with van der Waals surface area (Å²) in [6.45, 7) is 7.33. The molecule has 1 aliphatic heterocycles. The number of rotatable bonds is 2. The molecule has 0 N–H and O–H groups in total. The average molecular weight is 172 g/mol. The molecular formula is C9H20N2O. The Morgan fingerprint density at radius 1 is 1.50 bits per heavy atom. The van der Waals surface area contributed by atoms with Gasteiger partial charge in [0.15, 0.2) is 0 Å². The summed E-state index contributed by atoms with van der Waals surface area (Å²) in [4.78, 5) is 4.69. The van der Waals surface area contributed by atoms with Crippen LogP contribution in [-0.2, 0) is 4.74 Å². The van der Waals surface area contributed by atoms with Gasteiger partial charge in [0, 0.05) is 19.1 Å². The van der Waals surface area contributed by atoms with Gasteiger partial charge in [-0.1, -0.05) is 6.92 Å². The predicted molar refractivity (Wildman–Crippen MR) is 50.4 cm³/mol. The third kappa shape index (κ3) is 2.73. The highest BCUT2D eigenvalue weighted by Crippen LogP contribution is 2.03. The summed E-state index contributed by atoms with van der Waals surface area (Å²) in [6.07, 6.45) is 0. The molecule has 0 radical (unpaired) electrons. The molecule has 1 fully saturated rings. The lowest BCUT2D eigenvalue weighted by Crippen LogP contribution is -2.41. The molecule has 1 rings (SSSR count). The molecule has 1 saturated heterocycles. The second-order valence-corrected chi connectivity index (χ2v) is 3.59. The molecule has 72 valence electrons. The summed E-state index contributed by atoms with van der Waals surface area (Å²) in [5, 5.41) is 0. The van der Waals surface area contributed by atoms with Crippen LogP contribution in [0.1, 0.15) is 6.92 Å². The van der Waals surface area contributed by atoms with Gasteiger partial charge in [0.2, 0.25) is 0 Å². The molecule has 1 heterocycles. The second-order valence-electron chi connectivity index (χ2n) is 3.59. The molecule has 3 nitrogen and oxygen atoms in total. The van der Waals surface area contributed by atoms with Crippen LogP contribution in [0.15, 0.2) is 0 Å². The largest absolute Gasteiger partial charge is 0.378 e. The fraction of sp³-hybridized carbons (Fsp3) is 1.00. The maximum atomic E-state index is 5.52. The average Bonchev–Trinajstić information content (AvgIpc) is 2.28. The van der Waals surface area contributed by atoms with Crippen molar-refractivity contribution in [1.82, 2.24) is 9.80 Å². The van der Waals surface area contributed by atoms with Crippen molar-refractivity contribution in [3.63, 3.8) is 0 Å². The van der Waals surface area contributed by atoms with Crippen LogP contribution >= 0.6 is 0 Å². The van der Waals surface area contributed by atoms with E-state index in [4.69, 9.17) is 4.74 Å². The fourth-order valence-electron chi connectivity index (χ4n) is 1.45. The number of likely N-dealkylation sites (N-methyl/N-ethyl adjacent to an activating group) is 2. The van der Waals surface area contributed by atoms with E-state index in [9.17, 15) is 0 Å². The highest BCUT2D eigenvalue weighted by Gasteiger charge is 2.18. The van der Waals surface area contributed by atoms with Crippen LogP contribution in [0.5, 0.6) is 0 Å². The fourth-order valence-corrected chi connectivity index (χ4v) is 1.45. The Bertz CT molecular complexity index is 128. The Morgan fingerprint density at radius 3 is 2.83 bits per heavy atom. The number of hydrogen-bond donors (Lipinski definition) is 0. The lowest BCUT2D eigenvalue weighted by molar-refractivity contribution is 0.103. The summed E-state index contributed by atoms with van der Waals surface area (Å²) in [6, 6.07) is 0.562. The van der Waals surface area contributed by atoms with Gasteiger partial charge >= 0.3 is 0 Å². The first-order valence-corrected chi connectivity index (χ1v) is 4.70. The molecule has 1 aliphatic rings. The van der Waals surface area contributed by atoms with Crippen LogP contribution < -0.4 is 0 Å². The van der Waals surface area contributed by atoms with E-state index in [-0.39, 0.29) is 0 Å². The summed E-state index contributed by atoms with van der Waals surface area (Å²) in [5.74, 6) is 0. The van der Waals surface area contributed by atoms with Crippen molar-refractivity contribution in [1.29, 1.82) is 0 Å². The highest BCUT2D eigenvalue weighted by molar-refractivity contribution is 4.73. The Morgan fingerprint density at radius 2 is 2.25 bits per heavy atom. The quantitative estimate of drug-likeness (QED) is 0.594. The lowest BCUT2D eigenvalue weighted by atomic mass is 10.2. The van der Waals surface area contributed by atoms with Crippen LogP contribution in [0.3, 0.4) is 0 Å².